The van der Waals surface area contributed by atoms with E-state index in [1.165, 1.54) is 44.2 Å². The summed E-state index contributed by atoms with van der Waals surface area (Å²) in [5.41, 5.74) is 1.61. The van der Waals surface area contributed by atoms with Gasteiger partial charge in [-0.25, -0.2) is 8.42 Å². The summed E-state index contributed by atoms with van der Waals surface area (Å²) in [4.78, 5) is 2.55. The van der Waals surface area contributed by atoms with Gasteiger partial charge in [-0.2, -0.15) is 0 Å². The van der Waals surface area contributed by atoms with Crippen molar-refractivity contribution in [1.29, 1.82) is 0 Å². The van der Waals surface area contributed by atoms with E-state index in [4.69, 9.17) is 11.6 Å². The number of sulfonamides is 1. The first-order valence-electron chi connectivity index (χ1n) is 9.02. The SMILES string of the molecule is CN(Cc1ccccc1NS(=O)(=O)c1ccc(Cl)cc1)C1CCCCC1.Cl. The minimum Gasteiger partial charge on any atom is -0.299 e. The third kappa shape index (κ3) is 5.85. The fraction of sp³-hybridized carbons (Fsp3) is 0.400. The molecule has 0 aromatic heterocycles. The second-order valence-electron chi connectivity index (χ2n) is 6.92. The molecule has 27 heavy (non-hydrogen) atoms. The van der Waals surface area contributed by atoms with E-state index >= 15 is 0 Å². The average molecular weight is 429 g/mol. The predicted octanol–water partition coefficient (Wildman–Crippen LogP) is 5.33. The molecule has 7 heteroatoms. The van der Waals surface area contributed by atoms with Crippen LogP contribution in [0.2, 0.25) is 5.02 Å². The van der Waals surface area contributed by atoms with Crippen LogP contribution in [0.3, 0.4) is 0 Å². The van der Waals surface area contributed by atoms with Crippen molar-refractivity contribution in [1.82, 2.24) is 4.90 Å². The van der Waals surface area contributed by atoms with E-state index in [2.05, 4.69) is 16.7 Å². The number of benzene rings is 2. The molecule has 148 valence electrons. The van der Waals surface area contributed by atoms with Crippen LogP contribution >= 0.6 is 24.0 Å². The summed E-state index contributed by atoms with van der Waals surface area (Å²) in [5.74, 6) is 0. The van der Waals surface area contributed by atoms with Crippen molar-refractivity contribution < 1.29 is 8.42 Å². The van der Waals surface area contributed by atoms with Crippen molar-refractivity contribution in [2.24, 2.45) is 0 Å². The van der Waals surface area contributed by atoms with Crippen molar-refractivity contribution >= 4 is 39.7 Å². The fourth-order valence-electron chi connectivity index (χ4n) is 3.49. The molecular weight excluding hydrogens is 403 g/mol. The van der Waals surface area contributed by atoms with Crippen molar-refractivity contribution in [2.45, 2.75) is 49.6 Å². The van der Waals surface area contributed by atoms with Gasteiger partial charge in [-0.1, -0.05) is 49.1 Å². The van der Waals surface area contributed by atoms with Gasteiger partial charge in [0.25, 0.3) is 10.0 Å². The highest BCUT2D eigenvalue weighted by atomic mass is 35.5. The Morgan fingerprint density at radius 1 is 1.04 bits per heavy atom. The minimum atomic E-state index is -3.64. The summed E-state index contributed by atoms with van der Waals surface area (Å²) in [6.07, 6.45) is 6.31. The van der Waals surface area contributed by atoms with Crippen LogP contribution in [0.1, 0.15) is 37.7 Å². The number of halogens is 2. The molecule has 0 unspecified atom stereocenters. The molecule has 0 aliphatic heterocycles. The predicted molar refractivity (Wildman–Crippen MR) is 114 cm³/mol. The van der Waals surface area contributed by atoms with Crippen LogP contribution in [0, 0.1) is 0 Å². The lowest BCUT2D eigenvalue weighted by atomic mass is 9.94. The lowest BCUT2D eigenvalue weighted by Gasteiger charge is -2.31. The second-order valence-corrected chi connectivity index (χ2v) is 9.04. The number of nitrogens with one attached hydrogen (secondary N) is 1. The van der Waals surface area contributed by atoms with E-state index in [9.17, 15) is 8.42 Å². The summed E-state index contributed by atoms with van der Waals surface area (Å²) in [5, 5.41) is 0.512. The first-order valence-corrected chi connectivity index (χ1v) is 10.9. The van der Waals surface area contributed by atoms with Gasteiger partial charge in [-0.3, -0.25) is 9.62 Å². The first-order chi connectivity index (χ1) is 12.5. The molecule has 2 aromatic rings. The molecule has 3 rings (SSSR count). The summed E-state index contributed by atoms with van der Waals surface area (Å²) >= 11 is 5.86. The molecule has 1 aliphatic rings. The van der Waals surface area contributed by atoms with E-state index < -0.39 is 10.0 Å². The maximum absolute atomic E-state index is 12.7. The molecule has 2 aromatic carbocycles. The zero-order chi connectivity index (χ0) is 18.6. The molecule has 1 N–H and O–H groups in total. The maximum atomic E-state index is 12.7. The second kappa shape index (κ2) is 9.78. The molecule has 0 atom stereocenters. The molecule has 0 bridgehead atoms. The average Bonchev–Trinajstić information content (AvgIpc) is 2.64. The Morgan fingerprint density at radius 2 is 1.67 bits per heavy atom. The summed E-state index contributed by atoms with van der Waals surface area (Å²) in [7, 11) is -1.51. The van der Waals surface area contributed by atoms with E-state index in [-0.39, 0.29) is 17.3 Å². The van der Waals surface area contributed by atoms with Crippen molar-refractivity contribution in [3.63, 3.8) is 0 Å². The minimum absolute atomic E-state index is 0. The quantitative estimate of drug-likeness (QED) is 0.676. The van der Waals surface area contributed by atoms with Crippen LogP contribution in [-0.4, -0.2) is 26.4 Å². The van der Waals surface area contributed by atoms with Crippen molar-refractivity contribution in [3.8, 4) is 0 Å². The zero-order valence-electron chi connectivity index (χ0n) is 15.4. The van der Waals surface area contributed by atoms with Crippen molar-refractivity contribution in [2.75, 3.05) is 11.8 Å². The van der Waals surface area contributed by atoms with Gasteiger partial charge in [0.15, 0.2) is 0 Å². The van der Waals surface area contributed by atoms with Gasteiger partial charge in [0, 0.05) is 17.6 Å². The van der Waals surface area contributed by atoms with Gasteiger partial charge < -0.3 is 0 Å². The molecule has 4 nitrogen and oxygen atoms in total. The molecule has 0 spiro atoms. The third-order valence-electron chi connectivity index (χ3n) is 5.00. The van der Waals surface area contributed by atoms with Crippen LogP contribution in [0.15, 0.2) is 53.4 Å². The number of hydrogen-bond acceptors (Lipinski definition) is 3. The van der Waals surface area contributed by atoms with Gasteiger partial charge in [-0.05, 0) is 55.8 Å². The van der Waals surface area contributed by atoms with Gasteiger partial charge in [0.05, 0.1) is 10.6 Å². The largest absolute Gasteiger partial charge is 0.299 e. The summed E-state index contributed by atoms with van der Waals surface area (Å²) in [6, 6.07) is 14.4. The highest BCUT2D eigenvalue weighted by Crippen LogP contribution is 2.26. The molecule has 0 saturated heterocycles. The van der Waals surface area contributed by atoms with E-state index in [1.54, 1.807) is 12.1 Å². The topological polar surface area (TPSA) is 49.4 Å². The molecule has 0 radical (unpaired) electrons. The Balaban J connectivity index is 0.00000261. The standard InChI is InChI=1S/C20H25ClN2O2S.ClH/c1-23(18-8-3-2-4-9-18)15-16-7-5-6-10-20(16)22-26(24,25)19-13-11-17(21)12-14-19;/h5-7,10-14,18,22H,2-4,8-9,15H2,1H3;1H. The summed E-state index contributed by atoms with van der Waals surface area (Å²) in [6.45, 7) is 0.726. The number of anilines is 1. The van der Waals surface area contributed by atoms with Crippen molar-refractivity contribution in [3.05, 3.63) is 59.1 Å². The van der Waals surface area contributed by atoms with Gasteiger partial charge in [0.2, 0.25) is 0 Å². The number of para-hydroxylation sites is 1. The van der Waals surface area contributed by atoms with Crippen LogP contribution in [-0.2, 0) is 16.6 Å². The number of nitrogens with zero attached hydrogens (tertiary/aromatic N) is 1. The highest BCUT2D eigenvalue weighted by Gasteiger charge is 2.20. The fourth-order valence-corrected chi connectivity index (χ4v) is 4.72. The van der Waals surface area contributed by atoms with Gasteiger partial charge in [0.1, 0.15) is 0 Å². The number of hydrogen-bond donors (Lipinski definition) is 1. The molecular formula is C20H26Cl2N2O2S. The third-order valence-corrected chi connectivity index (χ3v) is 6.64. The lowest BCUT2D eigenvalue weighted by Crippen LogP contribution is -2.33. The van der Waals surface area contributed by atoms with Crippen LogP contribution in [0.4, 0.5) is 5.69 Å². The van der Waals surface area contributed by atoms with E-state index in [0.717, 1.165) is 12.1 Å². The molecule has 0 heterocycles. The lowest BCUT2D eigenvalue weighted by molar-refractivity contribution is 0.185. The van der Waals surface area contributed by atoms with E-state index in [1.807, 2.05) is 24.3 Å². The Bertz CT molecular complexity index is 835. The van der Waals surface area contributed by atoms with Crippen LogP contribution < -0.4 is 4.72 Å². The van der Waals surface area contributed by atoms with Gasteiger partial charge >= 0.3 is 0 Å². The number of rotatable bonds is 6. The Morgan fingerprint density at radius 3 is 2.33 bits per heavy atom. The Labute approximate surface area is 173 Å². The smallest absolute Gasteiger partial charge is 0.261 e. The molecule has 1 fully saturated rings. The van der Waals surface area contributed by atoms with Gasteiger partial charge in [-0.15, -0.1) is 12.4 Å². The maximum Gasteiger partial charge on any atom is 0.261 e. The molecule has 1 aliphatic carbocycles. The zero-order valence-corrected chi connectivity index (χ0v) is 17.8. The highest BCUT2D eigenvalue weighted by molar-refractivity contribution is 7.92. The first kappa shape index (κ1) is 22.0. The summed E-state index contributed by atoms with van der Waals surface area (Å²) < 4.78 is 28.1. The normalized spacial score (nSPS) is 15.4. The molecule has 0 amide bonds. The van der Waals surface area contributed by atoms with E-state index in [0.29, 0.717) is 16.8 Å². The Hall–Kier alpha value is -1.27. The van der Waals surface area contributed by atoms with Crippen LogP contribution in [0.25, 0.3) is 0 Å². The molecule has 1 saturated carbocycles. The van der Waals surface area contributed by atoms with Crippen LogP contribution in [0.5, 0.6) is 0 Å². The monoisotopic (exact) mass is 428 g/mol. The Kier molecular flexibility index (Phi) is 7.98.